The first-order valence-electron chi connectivity index (χ1n) is 18.4. The molecule has 0 aliphatic carbocycles. The van der Waals surface area contributed by atoms with Crippen molar-refractivity contribution in [2.75, 3.05) is 4.90 Å². The highest BCUT2D eigenvalue weighted by atomic mass is 16.3. The largest absolute Gasteiger partial charge is 0.455 e. The van der Waals surface area contributed by atoms with Gasteiger partial charge >= 0.3 is 0 Å². The molecule has 54 heavy (non-hydrogen) atoms. The maximum Gasteiger partial charge on any atom is 0.143 e. The van der Waals surface area contributed by atoms with Crippen molar-refractivity contribution in [2.24, 2.45) is 0 Å². The van der Waals surface area contributed by atoms with E-state index in [1.54, 1.807) is 0 Å². The first-order chi connectivity index (χ1) is 26.7. The Hall–Kier alpha value is -7.16. The van der Waals surface area contributed by atoms with E-state index in [9.17, 15) is 0 Å². The summed E-state index contributed by atoms with van der Waals surface area (Å²) < 4.78 is 6.58. The number of hydrogen-bond donors (Lipinski definition) is 0. The number of hydrogen-bond acceptors (Lipinski definition) is 2. The summed E-state index contributed by atoms with van der Waals surface area (Å²) in [6.45, 7) is 0. The van der Waals surface area contributed by atoms with Crippen LogP contribution in [0, 0.1) is 0 Å². The summed E-state index contributed by atoms with van der Waals surface area (Å²) in [5.41, 5.74) is 14.4. The van der Waals surface area contributed by atoms with Gasteiger partial charge in [-0.25, -0.2) is 0 Å². The molecule has 0 fully saturated rings. The molecule has 0 N–H and O–H groups in total. The normalized spacial score (nSPS) is 11.3. The van der Waals surface area contributed by atoms with Gasteiger partial charge in [0.2, 0.25) is 0 Å². The molecular weight excluding hydrogens is 655 g/mol. The Bertz CT molecular complexity index is 2890. The lowest BCUT2D eigenvalue weighted by Gasteiger charge is -2.26. The van der Waals surface area contributed by atoms with Crippen molar-refractivity contribution in [2.45, 2.75) is 0 Å². The fourth-order valence-electron chi connectivity index (χ4n) is 7.68. The summed E-state index contributed by atoms with van der Waals surface area (Å²) >= 11 is 0. The highest BCUT2D eigenvalue weighted by molar-refractivity contribution is 6.11. The van der Waals surface area contributed by atoms with E-state index in [4.69, 9.17) is 4.42 Å². The Morgan fingerprint density at radius 2 is 0.796 bits per heavy atom. The van der Waals surface area contributed by atoms with Gasteiger partial charge in [0.25, 0.3) is 0 Å². The lowest BCUT2D eigenvalue weighted by Crippen LogP contribution is -2.09. The van der Waals surface area contributed by atoms with Gasteiger partial charge < -0.3 is 9.32 Å². The smallest absolute Gasteiger partial charge is 0.143 e. The molecule has 0 unspecified atom stereocenters. The van der Waals surface area contributed by atoms with Crippen LogP contribution in [-0.2, 0) is 0 Å². The Labute approximate surface area is 314 Å². The van der Waals surface area contributed by atoms with E-state index in [1.807, 2.05) is 6.07 Å². The predicted molar refractivity (Wildman–Crippen MR) is 228 cm³/mol. The lowest BCUT2D eigenvalue weighted by molar-refractivity contribution is 0.670. The van der Waals surface area contributed by atoms with Crippen LogP contribution in [0.3, 0.4) is 0 Å². The van der Waals surface area contributed by atoms with Gasteiger partial charge in [0.15, 0.2) is 0 Å². The number of para-hydroxylation sites is 2. The molecule has 0 amide bonds. The van der Waals surface area contributed by atoms with E-state index in [2.05, 4.69) is 211 Å². The molecule has 9 aromatic carbocycles. The minimum atomic E-state index is 0.895. The zero-order valence-electron chi connectivity index (χ0n) is 29.6. The van der Waals surface area contributed by atoms with Crippen LogP contribution in [0.15, 0.2) is 217 Å². The molecule has 10 rings (SSSR count). The van der Waals surface area contributed by atoms with Gasteiger partial charge in [0.1, 0.15) is 11.2 Å². The minimum absolute atomic E-state index is 0.895. The Kier molecular flexibility index (Phi) is 7.85. The van der Waals surface area contributed by atoms with Gasteiger partial charge in [-0.15, -0.1) is 0 Å². The average Bonchev–Trinajstić information content (AvgIpc) is 3.63. The zero-order chi connectivity index (χ0) is 35.8. The Balaban J connectivity index is 1.03. The van der Waals surface area contributed by atoms with Crippen molar-refractivity contribution in [1.29, 1.82) is 0 Å². The molecule has 10 aromatic rings. The standard InChI is InChI=1S/C52H35NO/c1-3-11-36(12-4-1)38-19-21-39(22-20-38)40-25-29-46(30-26-40)53(45-15-5-2-6-16-45)47-31-27-41(28-32-47)49-34-44(43-24-23-37-13-7-8-14-42(37)33-43)35-50-48-17-9-10-18-51(48)54-52(49)50/h1-35H. The molecule has 0 atom stereocenters. The van der Waals surface area contributed by atoms with Gasteiger partial charge in [-0.05, 0) is 110 Å². The molecule has 0 bridgehead atoms. The molecule has 2 nitrogen and oxygen atoms in total. The Morgan fingerprint density at radius 3 is 1.48 bits per heavy atom. The van der Waals surface area contributed by atoms with Crippen LogP contribution >= 0.6 is 0 Å². The number of rotatable bonds is 7. The van der Waals surface area contributed by atoms with E-state index in [0.717, 1.165) is 50.1 Å². The number of furan rings is 1. The van der Waals surface area contributed by atoms with E-state index in [0.29, 0.717) is 0 Å². The van der Waals surface area contributed by atoms with Crippen LogP contribution in [0.25, 0.3) is 77.2 Å². The summed E-state index contributed by atoms with van der Waals surface area (Å²) in [5, 5.41) is 4.71. The third-order valence-electron chi connectivity index (χ3n) is 10.5. The van der Waals surface area contributed by atoms with Crippen molar-refractivity contribution in [3.63, 3.8) is 0 Å². The summed E-state index contributed by atoms with van der Waals surface area (Å²) in [6.07, 6.45) is 0. The molecule has 254 valence electrons. The SMILES string of the molecule is c1ccc(-c2ccc(-c3ccc(N(c4ccccc4)c4ccc(-c5cc(-c6ccc7ccccc7c6)cc6c5oc5ccccc56)cc4)cc3)cc2)cc1. The third kappa shape index (κ3) is 5.81. The quantitative estimate of drug-likeness (QED) is 0.166. The third-order valence-corrected chi connectivity index (χ3v) is 10.5. The molecule has 0 aliphatic rings. The van der Waals surface area contributed by atoms with Crippen LogP contribution in [-0.4, -0.2) is 0 Å². The number of anilines is 3. The molecule has 0 saturated carbocycles. The molecular formula is C52H35NO. The number of nitrogens with zero attached hydrogens (tertiary/aromatic N) is 1. The average molecular weight is 690 g/mol. The second-order valence-electron chi connectivity index (χ2n) is 13.8. The second-order valence-corrected chi connectivity index (χ2v) is 13.8. The molecule has 0 aliphatic heterocycles. The predicted octanol–water partition coefficient (Wildman–Crippen LogP) is 14.9. The second kappa shape index (κ2) is 13.4. The van der Waals surface area contributed by atoms with Gasteiger partial charge in [-0.1, -0.05) is 152 Å². The van der Waals surface area contributed by atoms with Crippen molar-refractivity contribution >= 4 is 49.8 Å². The molecule has 2 heteroatoms. The zero-order valence-corrected chi connectivity index (χ0v) is 29.6. The van der Waals surface area contributed by atoms with Crippen molar-refractivity contribution in [3.05, 3.63) is 212 Å². The topological polar surface area (TPSA) is 16.4 Å². The van der Waals surface area contributed by atoms with Gasteiger partial charge in [0.05, 0.1) is 0 Å². The molecule has 1 heterocycles. The summed E-state index contributed by atoms with van der Waals surface area (Å²) in [7, 11) is 0. The van der Waals surface area contributed by atoms with E-state index in [-0.39, 0.29) is 0 Å². The summed E-state index contributed by atoms with van der Waals surface area (Å²) in [6, 6.07) is 75.8. The highest BCUT2D eigenvalue weighted by Gasteiger charge is 2.17. The molecule has 0 saturated heterocycles. The summed E-state index contributed by atoms with van der Waals surface area (Å²) in [5.74, 6) is 0. The maximum atomic E-state index is 6.58. The molecule has 0 spiro atoms. The van der Waals surface area contributed by atoms with Gasteiger partial charge in [-0.2, -0.15) is 0 Å². The van der Waals surface area contributed by atoms with Crippen LogP contribution in [0.4, 0.5) is 17.1 Å². The molecule has 0 radical (unpaired) electrons. The van der Waals surface area contributed by atoms with Gasteiger partial charge in [0, 0.05) is 33.4 Å². The first-order valence-corrected chi connectivity index (χ1v) is 18.4. The summed E-state index contributed by atoms with van der Waals surface area (Å²) in [4.78, 5) is 2.31. The lowest BCUT2D eigenvalue weighted by atomic mass is 9.94. The fraction of sp³-hybridized carbons (Fsp3) is 0. The van der Waals surface area contributed by atoms with Crippen molar-refractivity contribution < 1.29 is 4.42 Å². The first kappa shape index (κ1) is 31.6. The Morgan fingerprint density at radius 1 is 0.296 bits per heavy atom. The van der Waals surface area contributed by atoms with Crippen molar-refractivity contribution in [3.8, 4) is 44.5 Å². The van der Waals surface area contributed by atoms with E-state index in [1.165, 1.54) is 44.2 Å². The van der Waals surface area contributed by atoms with Crippen LogP contribution in [0.5, 0.6) is 0 Å². The van der Waals surface area contributed by atoms with Crippen molar-refractivity contribution in [1.82, 2.24) is 0 Å². The number of fused-ring (bicyclic) bond motifs is 4. The van der Waals surface area contributed by atoms with Crippen LogP contribution in [0.1, 0.15) is 0 Å². The van der Waals surface area contributed by atoms with Crippen LogP contribution in [0.2, 0.25) is 0 Å². The van der Waals surface area contributed by atoms with E-state index < -0.39 is 0 Å². The minimum Gasteiger partial charge on any atom is -0.455 e. The van der Waals surface area contributed by atoms with E-state index >= 15 is 0 Å². The number of benzene rings is 9. The fourth-order valence-corrected chi connectivity index (χ4v) is 7.68. The van der Waals surface area contributed by atoms with Crippen LogP contribution < -0.4 is 4.90 Å². The molecule has 1 aromatic heterocycles. The monoisotopic (exact) mass is 689 g/mol. The van der Waals surface area contributed by atoms with Gasteiger partial charge in [-0.3, -0.25) is 0 Å². The highest BCUT2D eigenvalue weighted by Crippen LogP contribution is 2.42. The maximum absolute atomic E-state index is 6.58.